The first-order chi connectivity index (χ1) is 30.4. The van der Waals surface area contributed by atoms with Crippen molar-refractivity contribution in [2.24, 2.45) is 11.8 Å². The molecule has 3 amide bonds. The number of nitrogens with zero attached hydrogens (tertiary/aromatic N) is 4. The van der Waals surface area contributed by atoms with Crippen molar-refractivity contribution < 1.29 is 56.2 Å². The van der Waals surface area contributed by atoms with Crippen LogP contribution < -0.4 is 30.2 Å². The van der Waals surface area contributed by atoms with Crippen molar-refractivity contribution in [3.63, 3.8) is 0 Å². The average molecular weight is 886 g/mol. The van der Waals surface area contributed by atoms with Crippen LogP contribution in [-0.4, -0.2) is 83.2 Å². The minimum absolute atomic E-state index is 0.0258. The van der Waals surface area contributed by atoms with E-state index in [0.717, 1.165) is 7.11 Å². The Morgan fingerprint density at radius 2 is 1.14 bits per heavy atom. The summed E-state index contributed by atoms with van der Waals surface area (Å²) in [7, 11) is 1.14. The number of methoxy groups -OCH3 is 1. The fourth-order valence-corrected chi connectivity index (χ4v) is 6.23. The van der Waals surface area contributed by atoms with Crippen LogP contribution in [0, 0.1) is 22.0 Å². The van der Waals surface area contributed by atoms with Crippen LogP contribution in [0.3, 0.4) is 0 Å². The molecule has 64 heavy (non-hydrogen) atoms. The Kier molecular flexibility index (Phi) is 14.0. The molecule has 6 rings (SSSR count). The quantitative estimate of drug-likeness (QED) is 0.0342. The molecule has 0 spiro atoms. The van der Waals surface area contributed by atoms with Gasteiger partial charge < -0.3 is 34.9 Å². The van der Waals surface area contributed by atoms with Gasteiger partial charge in [0.15, 0.2) is 11.2 Å². The van der Waals surface area contributed by atoms with Crippen LogP contribution in [-0.2, 0) is 9.53 Å². The molecule has 3 N–H and O–H groups in total. The third-order valence-corrected chi connectivity index (χ3v) is 9.20. The summed E-state index contributed by atoms with van der Waals surface area (Å²) in [5, 5.41) is 20.4. The van der Waals surface area contributed by atoms with Gasteiger partial charge in [0.2, 0.25) is 0 Å². The van der Waals surface area contributed by atoms with Gasteiger partial charge >= 0.3 is 18.1 Å². The van der Waals surface area contributed by atoms with E-state index >= 15 is 0 Å². The lowest BCUT2D eigenvalue weighted by atomic mass is 10.1. The first-order valence-corrected chi connectivity index (χ1v) is 19.8. The molecule has 0 unspecified atom stereocenters. The number of esters is 1. The van der Waals surface area contributed by atoms with E-state index in [2.05, 4.69) is 25.6 Å². The summed E-state index contributed by atoms with van der Waals surface area (Å²) in [6, 6.07) is 18.1. The summed E-state index contributed by atoms with van der Waals surface area (Å²) in [6.45, 7) is 7.71. The van der Waals surface area contributed by atoms with Crippen LogP contribution in [0.1, 0.15) is 65.6 Å². The van der Waals surface area contributed by atoms with Gasteiger partial charge in [-0.1, -0.05) is 45.9 Å². The lowest BCUT2D eigenvalue weighted by Gasteiger charge is -2.16. The predicted octanol–water partition coefficient (Wildman–Crippen LogP) is 8.05. The van der Waals surface area contributed by atoms with E-state index in [-0.39, 0.29) is 113 Å². The summed E-state index contributed by atoms with van der Waals surface area (Å²) < 4.78 is 60.6. The SMILES string of the molecule is COC(=O)c1cc(OCCCNC(=O)C(F)(F)F)c2cccc(NC(=O)c3cc(OCC(C)C)c4cccc(NC(=O)c5cc(OCC(C)C)c6cccc([N+](=O)[O-])c6n5)c4n3)c2n1. The molecule has 0 aliphatic rings. The molecular weight excluding hydrogens is 844 g/mol. The molecule has 3 aromatic heterocycles. The van der Waals surface area contributed by atoms with Gasteiger partial charge in [0.1, 0.15) is 28.6 Å². The number of ether oxygens (including phenoxy) is 4. The van der Waals surface area contributed by atoms with Gasteiger partial charge in [-0.25, -0.2) is 19.7 Å². The topological polar surface area (TPSA) is 223 Å². The number of nitrogens with one attached hydrogen (secondary N) is 3. The number of hydrogen-bond donors (Lipinski definition) is 3. The van der Waals surface area contributed by atoms with Crippen LogP contribution >= 0.6 is 0 Å². The van der Waals surface area contributed by atoms with E-state index in [0.29, 0.717) is 16.2 Å². The van der Waals surface area contributed by atoms with Gasteiger partial charge in [0, 0.05) is 47.0 Å². The van der Waals surface area contributed by atoms with Gasteiger partial charge in [0.05, 0.1) is 54.3 Å². The lowest BCUT2D eigenvalue weighted by Crippen LogP contribution is -2.37. The summed E-state index contributed by atoms with van der Waals surface area (Å²) in [5.74, 6) is -3.71. The van der Waals surface area contributed by atoms with Crippen molar-refractivity contribution in [2.45, 2.75) is 40.3 Å². The van der Waals surface area contributed by atoms with Crippen LogP contribution in [0.5, 0.6) is 17.2 Å². The zero-order valence-corrected chi connectivity index (χ0v) is 35.1. The number of fused-ring (bicyclic) bond motifs is 3. The molecule has 17 nitrogen and oxygen atoms in total. The number of hydrogen-bond acceptors (Lipinski definition) is 13. The molecule has 3 aromatic carbocycles. The van der Waals surface area contributed by atoms with Crippen molar-refractivity contribution >= 4 is 73.5 Å². The first-order valence-electron chi connectivity index (χ1n) is 19.8. The van der Waals surface area contributed by atoms with Crippen LogP contribution in [0.2, 0.25) is 0 Å². The van der Waals surface area contributed by atoms with E-state index < -0.39 is 34.8 Å². The number of nitro benzene ring substituents is 1. The van der Waals surface area contributed by atoms with Crippen molar-refractivity contribution in [2.75, 3.05) is 44.1 Å². The maximum absolute atomic E-state index is 14.2. The Labute approximate surface area is 362 Å². The summed E-state index contributed by atoms with van der Waals surface area (Å²) in [5.41, 5.74) is -0.430. The van der Waals surface area contributed by atoms with E-state index in [9.17, 15) is 42.5 Å². The Morgan fingerprint density at radius 3 is 1.62 bits per heavy atom. The number of carbonyl (C=O) groups excluding carboxylic acids is 4. The second-order valence-corrected chi connectivity index (χ2v) is 15.1. The van der Waals surface area contributed by atoms with Crippen molar-refractivity contribution in [3.05, 3.63) is 100.0 Å². The van der Waals surface area contributed by atoms with Gasteiger partial charge in [-0.3, -0.25) is 24.5 Å². The second kappa shape index (κ2) is 19.6. The highest BCUT2D eigenvalue weighted by atomic mass is 19.4. The van der Waals surface area contributed by atoms with E-state index in [4.69, 9.17) is 18.9 Å². The average Bonchev–Trinajstić information content (AvgIpc) is 3.26. The molecule has 334 valence electrons. The third-order valence-electron chi connectivity index (χ3n) is 9.20. The number of pyridine rings is 3. The number of halogens is 3. The molecular formula is C44H42F3N7O10. The number of para-hydroxylation sites is 3. The standard InChI is InChI=1S/C44H42F3N7O10/c1-23(2)21-63-35-18-30(40(55)53-29-14-6-10-25-34(20-32(42(57)61-5)51-38(25)29)62-17-9-16-48-43(58)44(45,46)47)49-37-26(35)11-7-13-28(37)52-41(56)31-19-36(64-22-24(3)4)27-12-8-15-33(54(59)60)39(27)50-31/h6-8,10-15,18-20,23-24H,9,16-17,21-22H2,1-5H3,(H,48,58)(H,52,56)(H,53,55). The summed E-state index contributed by atoms with van der Waals surface area (Å²) in [4.78, 5) is 76.8. The van der Waals surface area contributed by atoms with E-state index in [1.54, 1.807) is 41.7 Å². The van der Waals surface area contributed by atoms with Crippen LogP contribution in [0.15, 0.2) is 72.8 Å². The molecule has 0 radical (unpaired) electrons. The molecule has 0 aliphatic carbocycles. The highest BCUT2D eigenvalue weighted by Gasteiger charge is 2.38. The van der Waals surface area contributed by atoms with Crippen LogP contribution in [0.4, 0.5) is 30.2 Å². The molecule has 0 fully saturated rings. The first kappa shape index (κ1) is 45.9. The minimum atomic E-state index is -5.04. The number of amides is 3. The monoisotopic (exact) mass is 885 g/mol. The normalized spacial score (nSPS) is 11.5. The second-order valence-electron chi connectivity index (χ2n) is 15.1. The van der Waals surface area contributed by atoms with Gasteiger partial charge in [-0.15, -0.1) is 0 Å². The maximum Gasteiger partial charge on any atom is 0.471 e. The number of aromatic nitrogens is 3. The molecule has 6 aromatic rings. The highest BCUT2D eigenvalue weighted by molar-refractivity contribution is 6.13. The number of benzene rings is 3. The van der Waals surface area contributed by atoms with Gasteiger partial charge in [0.25, 0.3) is 17.5 Å². The number of alkyl halides is 3. The Balaban J connectivity index is 1.35. The highest BCUT2D eigenvalue weighted by Crippen LogP contribution is 2.35. The molecule has 0 bridgehead atoms. The van der Waals surface area contributed by atoms with Crippen molar-refractivity contribution in [1.29, 1.82) is 0 Å². The molecule has 0 atom stereocenters. The minimum Gasteiger partial charge on any atom is -0.493 e. The Bertz CT molecular complexity index is 2780. The summed E-state index contributed by atoms with van der Waals surface area (Å²) in [6.07, 6.45) is -5.07. The molecule has 3 heterocycles. The predicted molar refractivity (Wildman–Crippen MR) is 229 cm³/mol. The Hall–Kier alpha value is -7.64. The van der Waals surface area contributed by atoms with E-state index in [1.807, 2.05) is 27.7 Å². The number of anilines is 2. The lowest BCUT2D eigenvalue weighted by molar-refractivity contribution is -0.383. The molecule has 0 aliphatic heterocycles. The van der Waals surface area contributed by atoms with Gasteiger partial charge in [-0.05, 0) is 48.6 Å². The number of non-ortho nitro benzene ring substituents is 1. The molecule has 0 saturated carbocycles. The largest absolute Gasteiger partial charge is 0.493 e. The van der Waals surface area contributed by atoms with Crippen molar-refractivity contribution in [1.82, 2.24) is 20.3 Å². The van der Waals surface area contributed by atoms with Crippen molar-refractivity contribution in [3.8, 4) is 17.2 Å². The third kappa shape index (κ3) is 10.7. The number of rotatable bonds is 17. The molecule has 20 heteroatoms. The van der Waals surface area contributed by atoms with Gasteiger partial charge in [-0.2, -0.15) is 13.2 Å². The van der Waals surface area contributed by atoms with E-state index in [1.165, 1.54) is 36.4 Å². The fourth-order valence-electron chi connectivity index (χ4n) is 6.23. The Morgan fingerprint density at radius 1 is 0.688 bits per heavy atom. The zero-order chi connectivity index (χ0) is 46.3. The zero-order valence-electron chi connectivity index (χ0n) is 35.1. The smallest absolute Gasteiger partial charge is 0.471 e. The number of carbonyl (C=O) groups is 4. The van der Waals surface area contributed by atoms with Crippen LogP contribution in [0.25, 0.3) is 32.7 Å². The number of nitro groups is 1. The maximum atomic E-state index is 14.2. The molecule has 0 saturated heterocycles. The summed E-state index contributed by atoms with van der Waals surface area (Å²) >= 11 is 0. The fraction of sp³-hybridized carbons (Fsp3) is 0.295.